The number of aromatic nitrogens is 5. The number of pyridine rings is 1. The fourth-order valence-corrected chi connectivity index (χ4v) is 3.23. The number of hydrogen-bond donors (Lipinski definition) is 0. The maximum atomic E-state index is 12.8. The second-order valence-electron chi connectivity index (χ2n) is 6.26. The van der Waals surface area contributed by atoms with Crippen LogP contribution >= 0.6 is 0 Å². The molecule has 0 fully saturated rings. The van der Waals surface area contributed by atoms with Gasteiger partial charge < -0.3 is 18.8 Å². The van der Waals surface area contributed by atoms with Crippen LogP contribution in [0.15, 0.2) is 42.7 Å². The highest BCUT2D eigenvalue weighted by Crippen LogP contribution is 2.26. The van der Waals surface area contributed by atoms with Crippen molar-refractivity contribution in [1.29, 1.82) is 0 Å². The predicted octanol–water partition coefficient (Wildman–Crippen LogP) is 1.81. The summed E-state index contributed by atoms with van der Waals surface area (Å²) in [4.78, 5) is 18.8. The van der Waals surface area contributed by atoms with Crippen molar-refractivity contribution in [2.24, 2.45) is 7.05 Å². The van der Waals surface area contributed by atoms with Crippen LogP contribution in [0.5, 0.6) is 5.88 Å². The first kappa shape index (κ1) is 16.3. The predicted molar refractivity (Wildman–Crippen MR) is 93.5 cm³/mol. The minimum atomic E-state index is -0.151. The summed E-state index contributed by atoms with van der Waals surface area (Å²) in [6.07, 6.45) is 3.56. The van der Waals surface area contributed by atoms with E-state index >= 15 is 0 Å². The van der Waals surface area contributed by atoms with Crippen molar-refractivity contribution in [1.82, 2.24) is 29.2 Å². The van der Waals surface area contributed by atoms with Crippen molar-refractivity contribution in [3.63, 3.8) is 0 Å². The van der Waals surface area contributed by atoms with E-state index in [4.69, 9.17) is 4.74 Å². The summed E-state index contributed by atoms with van der Waals surface area (Å²) >= 11 is 0. The Kier molecular flexibility index (Phi) is 4.16. The lowest BCUT2D eigenvalue weighted by Gasteiger charge is -2.33. The quantitative estimate of drug-likeness (QED) is 0.716. The molecule has 26 heavy (non-hydrogen) atoms. The third-order valence-electron chi connectivity index (χ3n) is 4.67. The molecule has 0 spiro atoms. The van der Waals surface area contributed by atoms with Crippen molar-refractivity contribution in [2.75, 3.05) is 6.54 Å². The lowest BCUT2D eigenvalue weighted by molar-refractivity contribution is 0.0625. The van der Waals surface area contributed by atoms with Crippen molar-refractivity contribution in [2.45, 2.75) is 26.1 Å². The number of fused-ring (bicyclic) bond motifs is 1. The average Bonchev–Trinajstić information content (AvgIpc) is 3.27. The van der Waals surface area contributed by atoms with E-state index in [1.165, 1.54) is 0 Å². The molecule has 1 aliphatic heterocycles. The van der Waals surface area contributed by atoms with E-state index in [-0.39, 0.29) is 11.9 Å². The van der Waals surface area contributed by atoms with Crippen molar-refractivity contribution >= 4 is 5.91 Å². The smallest absolute Gasteiger partial charge is 0.271 e. The fraction of sp³-hybridized carbons (Fsp3) is 0.333. The summed E-state index contributed by atoms with van der Waals surface area (Å²) in [5.74, 6) is 2.07. The number of carbonyl (C=O) groups is 1. The fourth-order valence-electron chi connectivity index (χ4n) is 3.23. The van der Waals surface area contributed by atoms with E-state index < -0.39 is 0 Å². The van der Waals surface area contributed by atoms with E-state index in [1.807, 2.05) is 58.5 Å². The van der Waals surface area contributed by atoms with Crippen molar-refractivity contribution < 1.29 is 9.53 Å². The molecule has 0 saturated carbocycles. The molecule has 3 aromatic rings. The van der Waals surface area contributed by atoms with Gasteiger partial charge in [0.1, 0.15) is 12.3 Å². The molecule has 1 aliphatic rings. The van der Waals surface area contributed by atoms with Gasteiger partial charge >= 0.3 is 0 Å². The van der Waals surface area contributed by atoms with Gasteiger partial charge in [0.25, 0.3) is 5.91 Å². The first-order chi connectivity index (χ1) is 12.6. The largest absolute Gasteiger partial charge is 0.469 e. The van der Waals surface area contributed by atoms with Crippen LogP contribution in [0, 0.1) is 0 Å². The normalized spacial score (nSPS) is 16.4. The molecule has 8 heteroatoms. The molecule has 134 valence electrons. The molecule has 0 bridgehead atoms. The Morgan fingerprint density at radius 1 is 1.23 bits per heavy atom. The molecule has 0 radical (unpaired) electrons. The van der Waals surface area contributed by atoms with Gasteiger partial charge in [-0.1, -0.05) is 6.07 Å². The monoisotopic (exact) mass is 352 g/mol. The number of hydrogen-bond acceptors (Lipinski definition) is 5. The van der Waals surface area contributed by atoms with Crippen LogP contribution in [0.1, 0.15) is 35.1 Å². The topological polar surface area (TPSA) is 78.1 Å². The van der Waals surface area contributed by atoms with Crippen LogP contribution in [0.4, 0.5) is 0 Å². The van der Waals surface area contributed by atoms with Gasteiger partial charge in [-0.3, -0.25) is 4.79 Å². The van der Waals surface area contributed by atoms with Gasteiger partial charge in [-0.2, -0.15) is 0 Å². The van der Waals surface area contributed by atoms with Gasteiger partial charge in [0, 0.05) is 38.6 Å². The molecule has 0 unspecified atom stereocenters. The highest BCUT2D eigenvalue weighted by atomic mass is 16.5. The van der Waals surface area contributed by atoms with E-state index in [0.717, 1.165) is 11.6 Å². The number of ether oxygens (including phenoxy) is 1. The van der Waals surface area contributed by atoms with Gasteiger partial charge in [-0.15, -0.1) is 10.2 Å². The van der Waals surface area contributed by atoms with Crippen LogP contribution in [0.3, 0.4) is 0 Å². The lowest BCUT2D eigenvalue weighted by Crippen LogP contribution is -2.42. The second kappa shape index (κ2) is 6.62. The second-order valence-corrected chi connectivity index (χ2v) is 6.26. The van der Waals surface area contributed by atoms with Crippen LogP contribution in [-0.4, -0.2) is 41.7 Å². The maximum absolute atomic E-state index is 12.8. The van der Waals surface area contributed by atoms with E-state index in [2.05, 4.69) is 15.2 Å². The SMILES string of the molecule is C[C@@H]1c2nnc(COc3ccccn3)n2CCN1C(=O)c1cccn1C. The van der Waals surface area contributed by atoms with E-state index in [9.17, 15) is 4.79 Å². The number of rotatable bonds is 4. The summed E-state index contributed by atoms with van der Waals surface area (Å²) in [6, 6.07) is 9.07. The lowest BCUT2D eigenvalue weighted by atomic mass is 10.2. The molecular formula is C18H20N6O2. The van der Waals surface area contributed by atoms with Crippen molar-refractivity contribution in [3.05, 3.63) is 60.1 Å². The Morgan fingerprint density at radius 3 is 2.85 bits per heavy atom. The van der Waals surface area contributed by atoms with Crippen LogP contribution in [-0.2, 0) is 20.2 Å². The molecule has 4 heterocycles. The van der Waals surface area contributed by atoms with Gasteiger partial charge in [-0.05, 0) is 25.1 Å². The molecule has 1 atom stereocenters. The molecule has 0 aliphatic carbocycles. The zero-order valence-corrected chi connectivity index (χ0v) is 14.7. The zero-order valence-electron chi connectivity index (χ0n) is 14.7. The van der Waals surface area contributed by atoms with E-state index in [1.54, 1.807) is 12.3 Å². The first-order valence-electron chi connectivity index (χ1n) is 8.53. The number of carbonyl (C=O) groups excluding carboxylic acids is 1. The minimum Gasteiger partial charge on any atom is -0.469 e. The average molecular weight is 352 g/mol. The highest BCUT2D eigenvalue weighted by molar-refractivity contribution is 5.93. The standard InChI is InChI=1S/C18H20N6O2/c1-13-17-21-20-15(12-26-16-7-3-4-8-19-16)24(17)11-10-23(13)18(25)14-6-5-9-22(14)2/h3-9,13H,10-12H2,1-2H3/t13-/m1/s1. The molecule has 0 N–H and O–H groups in total. The maximum Gasteiger partial charge on any atom is 0.271 e. The highest BCUT2D eigenvalue weighted by Gasteiger charge is 2.32. The van der Waals surface area contributed by atoms with Crippen molar-refractivity contribution in [3.8, 4) is 5.88 Å². The molecule has 8 nitrogen and oxygen atoms in total. The third-order valence-corrected chi connectivity index (χ3v) is 4.67. The molecule has 0 saturated heterocycles. The minimum absolute atomic E-state index is 0.00513. The summed E-state index contributed by atoms with van der Waals surface area (Å²) < 4.78 is 9.55. The molecule has 3 aromatic heterocycles. The Hall–Kier alpha value is -3.16. The van der Waals surface area contributed by atoms with Crippen LogP contribution in [0.2, 0.25) is 0 Å². The van der Waals surface area contributed by atoms with Gasteiger partial charge in [0.2, 0.25) is 5.88 Å². The van der Waals surface area contributed by atoms with E-state index in [0.29, 0.717) is 31.3 Å². The molecule has 0 aromatic carbocycles. The summed E-state index contributed by atoms with van der Waals surface area (Å²) in [5, 5.41) is 8.55. The Morgan fingerprint density at radius 2 is 2.12 bits per heavy atom. The Bertz CT molecular complexity index is 917. The first-order valence-corrected chi connectivity index (χ1v) is 8.53. The van der Waals surface area contributed by atoms with Gasteiger partial charge in [0.05, 0.1) is 6.04 Å². The third kappa shape index (κ3) is 2.83. The molecular weight excluding hydrogens is 332 g/mol. The molecule has 1 amide bonds. The Labute approximate surface area is 151 Å². The zero-order chi connectivity index (χ0) is 18.1. The van der Waals surface area contributed by atoms with Crippen LogP contribution in [0.25, 0.3) is 0 Å². The van der Waals surface area contributed by atoms with Gasteiger partial charge in [-0.25, -0.2) is 4.98 Å². The summed E-state index contributed by atoms with van der Waals surface area (Å²) in [5.41, 5.74) is 0.670. The summed E-state index contributed by atoms with van der Waals surface area (Å²) in [6.45, 7) is 3.52. The number of amides is 1. The summed E-state index contributed by atoms with van der Waals surface area (Å²) in [7, 11) is 1.87. The molecule has 4 rings (SSSR count). The number of aryl methyl sites for hydroxylation is 1. The van der Waals surface area contributed by atoms with Gasteiger partial charge in [0.15, 0.2) is 11.6 Å². The van der Waals surface area contributed by atoms with Crippen LogP contribution < -0.4 is 4.74 Å². The number of nitrogens with zero attached hydrogens (tertiary/aromatic N) is 6. The Balaban J connectivity index is 1.51.